The van der Waals surface area contributed by atoms with Crippen LogP contribution in [0.3, 0.4) is 0 Å². The van der Waals surface area contributed by atoms with E-state index in [0.29, 0.717) is 0 Å². The smallest absolute Gasteiger partial charge is 0.0365 e. The highest BCUT2D eigenvalue weighted by atomic mass is 28.3. The van der Waals surface area contributed by atoms with E-state index in [1.807, 2.05) is 0 Å². The van der Waals surface area contributed by atoms with E-state index in [-0.39, 0.29) is 8.80 Å². The van der Waals surface area contributed by atoms with Crippen LogP contribution in [0, 0.1) is 0 Å². The van der Waals surface area contributed by atoms with Crippen LogP contribution in [0.4, 0.5) is 0 Å². The van der Waals surface area contributed by atoms with E-state index >= 15 is 0 Å². The molecule has 1 fully saturated rings. The molecule has 0 nitrogen and oxygen atoms in total. The van der Waals surface area contributed by atoms with Gasteiger partial charge in [0.05, 0.1) is 0 Å². The molecule has 0 aromatic carbocycles. The molecule has 0 radical (unpaired) electrons. The Morgan fingerprint density at radius 3 is 2.12 bits per heavy atom. The summed E-state index contributed by atoms with van der Waals surface area (Å²) in [6.07, 6.45) is 4.65. The molecule has 1 rings (SSSR count). The fourth-order valence-corrected chi connectivity index (χ4v) is 4.43. The molecule has 1 aliphatic rings. The van der Waals surface area contributed by atoms with E-state index in [1.165, 1.54) is 6.42 Å². The molecule has 0 bridgehead atoms. The predicted octanol–water partition coefficient (Wildman–Crippen LogP) is 2.42. The fraction of sp³-hybridized carbons (Fsp3) is 1.00. The van der Waals surface area contributed by atoms with Crippen molar-refractivity contribution in [2.24, 2.45) is 0 Å². The van der Waals surface area contributed by atoms with Gasteiger partial charge in [0, 0.05) is 8.80 Å². The van der Waals surface area contributed by atoms with Crippen LogP contribution in [-0.4, -0.2) is 8.80 Å². The Bertz CT molecular complexity index is 55.4. The van der Waals surface area contributed by atoms with Gasteiger partial charge in [-0.3, -0.25) is 0 Å². The maximum absolute atomic E-state index is 2.38. The predicted molar refractivity (Wildman–Crippen MR) is 41.1 cm³/mol. The maximum Gasteiger partial charge on any atom is 0.0365 e. The van der Waals surface area contributed by atoms with Crippen molar-refractivity contribution in [1.29, 1.82) is 0 Å². The van der Waals surface area contributed by atoms with Gasteiger partial charge >= 0.3 is 0 Å². The average molecular weight is 128 g/mol. The molecule has 0 N–H and O–H groups in total. The van der Waals surface area contributed by atoms with Crippen LogP contribution in [0.5, 0.6) is 0 Å². The largest absolute Gasteiger partial charge is 0.0680 e. The highest BCUT2D eigenvalue weighted by Crippen LogP contribution is 2.20. The first kappa shape index (κ1) is 6.34. The average Bonchev–Trinajstić information content (AvgIpc) is 1.90. The van der Waals surface area contributed by atoms with Gasteiger partial charge in [-0.05, 0) is 0 Å². The van der Waals surface area contributed by atoms with Gasteiger partial charge in [0.1, 0.15) is 0 Å². The molecule has 0 amide bonds. The topological polar surface area (TPSA) is 0 Å². The normalized spacial score (nSPS) is 23.6. The lowest BCUT2D eigenvalue weighted by atomic mass is 10.3. The second-order valence-electron chi connectivity index (χ2n) is 2.91. The SMILES string of the molecule is CC[SiH]1CCCCC1. The highest BCUT2D eigenvalue weighted by Gasteiger charge is 2.11. The molecular weight excluding hydrogens is 112 g/mol. The van der Waals surface area contributed by atoms with Gasteiger partial charge < -0.3 is 0 Å². The van der Waals surface area contributed by atoms with Crippen LogP contribution in [0.2, 0.25) is 18.1 Å². The molecule has 0 spiro atoms. The van der Waals surface area contributed by atoms with Crippen molar-refractivity contribution in [3.8, 4) is 0 Å². The summed E-state index contributed by atoms with van der Waals surface area (Å²) in [7, 11) is -0.105. The lowest BCUT2D eigenvalue weighted by Gasteiger charge is -2.17. The van der Waals surface area contributed by atoms with Crippen molar-refractivity contribution in [2.45, 2.75) is 44.3 Å². The maximum atomic E-state index is 2.38. The third-order valence-electron chi connectivity index (χ3n) is 2.30. The summed E-state index contributed by atoms with van der Waals surface area (Å²) in [5.74, 6) is 0. The van der Waals surface area contributed by atoms with Crippen molar-refractivity contribution in [3.05, 3.63) is 0 Å². The van der Waals surface area contributed by atoms with E-state index in [1.54, 1.807) is 31.0 Å². The van der Waals surface area contributed by atoms with Crippen molar-refractivity contribution in [3.63, 3.8) is 0 Å². The van der Waals surface area contributed by atoms with Crippen LogP contribution in [0.25, 0.3) is 0 Å². The molecule has 0 aromatic rings. The van der Waals surface area contributed by atoms with Gasteiger partial charge in [-0.1, -0.05) is 44.3 Å². The molecule has 1 saturated heterocycles. The van der Waals surface area contributed by atoms with Crippen LogP contribution in [0.1, 0.15) is 26.2 Å². The number of hydrogen-bond acceptors (Lipinski definition) is 0. The zero-order valence-corrected chi connectivity index (χ0v) is 6.97. The quantitative estimate of drug-likeness (QED) is 0.476. The number of rotatable bonds is 1. The van der Waals surface area contributed by atoms with Crippen LogP contribution in [-0.2, 0) is 0 Å². The van der Waals surface area contributed by atoms with Crippen molar-refractivity contribution in [1.82, 2.24) is 0 Å². The Kier molecular flexibility index (Phi) is 2.60. The van der Waals surface area contributed by atoms with Crippen molar-refractivity contribution < 1.29 is 0 Å². The Balaban J connectivity index is 2.13. The van der Waals surface area contributed by atoms with Gasteiger partial charge in [-0.15, -0.1) is 0 Å². The molecule has 1 heterocycles. The number of hydrogen-bond donors (Lipinski definition) is 0. The molecule has 1 heteroatoms. The Morgan fingerprint density at radius 2 is 1.75 bits per heavy atom. The standard InChI is InChI=1S/C7H16Si/c1-2-8-6-4-3-5-7-8/h8H,2-7H2,1H3. The van der Waals surface area contributed by atoms with E-state index in [4.69, 9.17) is 0 Å². The van der Waals surface area contributed by atoms with E-state index in [2.05, 4.69) is 6.92 Å². The lowest BCUT2D eigenvalue weighted by molar-refractivity contribution is 0.721. The highest BCUT2D eigenvalue weighted by molar-refractivity contribution is 6.58. The third kappa shape index (κ3) is 1.62. The van der Waals surface area contributed by atoms with Crippen LogP contribution >= 0.6 is 0 Å². The van der Waals surface area contributed by atoms with Gasteiger partial charge in [-0.25, -0.2) is 0 Å². The van der Waals surface area contributed by atoms with E-state index < -0.39 is 0 Å². The minimum Gasteiger partial charge on any atom is -0.0680 e. The Labute approximate surface area is 53.9 Å². The zero-order valence-electron chi connectivity index (χ0n) is 5.82. The molecule has 0 atom stereocenters. The summed E-state index contributed by atoms with van der Waals surface area (Å²) >= 11 is 0. The minimum atomic E-state index is -0.105. The molecule has 0 aromatic heterocycles. The van der Waals surface area contributed by atoms with Crippen LogP contribution < -0.4 is 0 Å². The summed E-state index contributed by atoms with van der Waals surface area (Å²) in [6.45, 7) is 2.38. The van der Waals surface area contributed by atoms with Gasteiger partial charge in [0.25, 0.3) is 0 Å². The summed E-state index contributed by atoms with van der Waals surface area (Å²) < 4.78 is 0. The molecule has 1 aliphatic heterocycles. The second kappa shape index (κ2) is 3.28. The minimum absolute atomic E-state index is 0.105. The summed E-state index contributed by atoms with van der Waals surface area (Å²) in [5.41, 5.74) is 0. The van der Waals surface area contributed by atoms with E-state index in [0.717, 1.165) is 0 Å². The molecule has 0 aliphatic carbocycles. The summed E-state index contributed by atoms with van der Waals surface area (Å²) in [6, 6.07) is 4.85. The third-order valence-corrected chi connectivity index (χ3v) is 5.91. The van der Waals surface area contributed by atoms with Gasteiger partial charge in [-0.2, -0.15) is 0 Å². The zero-order chi connectivity index (χ0) is 5.82. The first-order valence-corrected chi connectivity index (χ1v) is 6.38. The van der Waals surface area contributed by atoms with Crippen LogP contribution in [0.15, 0.2) is 0 Å². The van der Waals surface area contributed by atoms with Gasteiger partial charge in [0.15, 0.2) is 0 Å². The Hall–Kier alpha value is 0.217. The summed E-state index contributed by atoms with van der Waals surface area (Å²) in [4.78, 5) is 0. The molecular formula is C7H16Si. The molecule has 0 unspecified atom stereocenters. The monoisotopic (exact) mass is 128 g/mol. The first-order chi connectivity index (χ1) is 3.93. The molecule has 48 valence electrons. The summed E-state index contributed by atoms with van der Waals surface area (Å²) in [5, 5.41) is 0. The van der Waals surface area contributed by atoms with E-state index in [9.17, 15) is 0 Å². The van der Waals surface area contributed by atoms with Gasteiger partial charge in [0.2, 0.25) is 0 Å². The fourth-order valence-electron chi connectivity index (χ4n) is 1.60. The molecule has 0 saturated carbocycles. The first-order valence-electron chi connectivity index (χ1n) is 3.93. The molecule has 8 heavy (non-hydrogen) atoms. The van der Waals surface area contributed by atoms with Crippen molar-refractivity contribution in [2.75, 3.05) is 0 Å². The lowest BCUT2D eigenvalue weighted by Crippen LogP contribution is -2.13. The van der Waals surface area contributed by atoms with Crippen molar-refractivity contribution >= 4 is 8.80 Å². The second-order valence-corrected chi connectivity index (χ2v) is 6.62. The Morgan fingerprint density at radius 1 is 1.12 bits per heavy atom.